The molecular formula is C26H22ClN3O3S. The summed E-state index contributed by atoms with van der Waals surface area (Å²) in [6, 6.07) is 24.1. The summed E-state index contributed by atoms with van der Waals surface area (Å²) >= 11 is 7.33. The minimum absolute atomic E-state index is 0.115. The maximum absolute atomic E-state index is 13.9. The molecule has 0 aromatic heterocycles. The number of hydrogen-bond donors (Lipinski definition) is 1. The van der Waals surface area contributed by atoms with Gasteiger partial charge in [0.15, 0.2) is 0 Å². The van der Waals surface area contributed by atoms with Gasteiger partial charge in [-0.2, -0.15) is 0 Å². The van der Waals surface area contributed by atoms with Crippen molar-refractivity contribution in [2.45, 2.75) is 11.3 Å². The molecule has 3 aromatic rings. The number of anilines is 2. The fraction of sp³-hybridized carbons (Fsp3) is 0.192. The van der Waals surface area contributed by atoms with Crippen LogP contribution in [0, 0.1) is 0 Å². The Kier molecular flexibility index (Phi) is 6.06. The highest BCUT2D eigenvalue weighted by Crippen LogP contribution is 2.55. The van der Waals surface area contributed by atoms with Crippen molar-refractivity contribution in [1.82, 2.24) is 5.32 Å². The van der Waals surface area contributed by atoms with E-state index in [-0.39, 0.29) is 30.0 Å². The number of amides is 3. The second kappa shape index (κ2) is 9.16. The Labute approximate surface area is 206 Å². The standard InChI is InChI=1S/C26H22ClN3O3S/c27-19-10-12-20(13-11-19)30-24(32)17-34-26(30)21-8-4-5-9-22(21)29(25(26)33)16-23(31)28-15-14-18-6-2-1-3-7-18/h1-13H,14-17H2,(H,28,31). The molecule has 1 unspecified atom stereocenters. The summed E-state index contributed by atoms with van der Waals surface area (Å²) in [6.07, 6.45) is 0.704. The Morgan fingerprint density at radius 1 is 0.971 bits per heavy atom. The third-order valence-electron chi connectivity index (χ3n) is 6.03. The largest absolute Gasteiger partial charge is 0.354 e. The van der Waals surface area contributed by atoms with E-state index in [1.807, 2.05) is 54.6 Å². The highest BCUT2D eigenvalue weighted by molar-refractivity contribution is 8.02. The number of fused-ring (bicyclic) bond motifs is 2. The van der Waals surface area contributed by atoms with Crippen LogP contribution in [0.5, 0.6) is 0 Å². The zero-order valence-corrected chi connectivity index (χ0v) is 19.8. The van der Waals surface area contributed by atoms with Gasteiger partial charge in [-0.05, 0) is 42.3 Å². The van der Waals surface area contributed by atoms with E-state index in [0.29, 0.717) is 34.9 Å². The number of nitrogens with one attached hydrogen (secondary N) is 1. The zero-order chi connectivity index (χ0) is 23.7. The Balaban J connectivity index is 1.40. The highest BCUT2D eigenvalue weighted by Gasteiger charge is 2.61. The van der Waals surface area contributed by atoms with Crippen molar-refractivity contribution in [3.63, 3.8) is 0 Å². The van der Waals surface area contributed by atoms with Crippen molar-refractivity contribution in [1.29, 1.82) is 0 Å². The van der Waals surface area contributed by atoms with Gasteiger partial charge in [0.2, 0.25) is 16.7 Å². The lowest BCUT2D eigenvalue weighted by Crippen LogP contribution is -2.51. The number of carbonyl (C=O) groups is 3. The van der Waals surface area contributed by atoms with Crippen LogP contribution in [-0.4, -0.2) is 36.6 Å². The molecule has 2 aliphatic rings. The van der Waals surface area contributed by atoms with Gasteiger partial charge in [-0.25, -0.2) is 0 Å². The molecule has 3 amide bonds. The van der Waals surface area contributed by atoms with Gasteiger partial charge >= 0.3 is 0 Å². The van der Waals surface area contributed by atoms with E-state index in [9.17, 15) is 14.4 Å². The lowest BCUT2D eigenvalue weighted by molar-refractivity contribution is -0.125. The van der Waals surface area contributed by atoms with Gasteiger partial charge in [-0.3, -0.25) is 24.2 Å². The van der Waals surface area contributed by atoms with Crippen LogP contribution in [0.15, 0.2) is 78.9 Å². The fourth-order valence-electron chi connectivity index (χ4n) is 4.49. The Hall–Kier alpha value is -3.29. The molecule has 8 heteroatoms. The van der Waals surface area contributed by atoms with Crippen LogP contribution < -0.4 is 15.1 Å². The second-order valence-electron chi connectivity index (χ2n) is 8.13. The molecule has 2 heterocycles. The number of thioether (sulfide) groups is 1. The molecule has 1 atom stereocenters. The van der Waals surface area contributed by atoms with Gasteiger partial charge in [0.05, 0.1) is 11.4 Å². The SMILES string of the molecule is O=C(CN1C(=O)C2(SCC(=O)N2c2ccc(Cl)cc2)c2ccccc21)NCCc1ccccc1. The van der Waals surface area contributed by atoms with Gasteiger partial charge in [-0.1, -0.05) is 60.1 Å². The molecule has 5 rings (SSSR count). The number of halogens is 1. The summed E-state index contributed by atoms with van der Waals surface area (Å²) in [5, 5.41) is 3.46. The van der Waals surface area contributed by atoms with E-state index in [1.54, 1.807) is 29.2 Å². The molecule has 2 aliphatic heterocycles. The van der Waals surface area contributed by atoms with Crippen LogP contribution in [0.4, 0.5) is 11.4 Å². The van der Waals surface area contributed by atoms with Crippen molar-refractivity contribution in [3.05, 3.63) is 95.0 Å². The van der Waals surface area contributed by atoms with Crippen LogP contribution in [0.2, 0.25) is 5.02 Å². The summed E-state index contributed by atoms with van der Waals surface area (Å²) in [5.41, 5.74) is 3.08. The quantitative estimate of drug-likeness (QED) is 0.566. The van der Waals surface area contributed by atoms with E-state index < -0.39 is 4.87 Å². The zero-order valence-electron chi connectivity index (χ0n) is 18.2. The normalized spacial score (nSPS) is 19.1. The highest BCUT2D eigenvalue weighted by atomic mass is 35.5. The molecule has 172 valence electrons. The fourth-order valence-corrected chi connectivity index (χ4v) is 5.98. The molecule has 1 spiro atoms. The number of hydrogen-bond acceptors (Lipinski definition) is 4. The first kappa shape index (κ1) is 22.5. The third kappa shape index (κ3) is 3.85. The summed E-state index contributed by atoms with van der Waals surface area (Å²) in [7, 11) is 0. The topological polar surface area (TPSA) is 69.7 Å². The van der Waals surface area contributed by atoms with E-state index in [4.69, 9.17) is 11.6 Å². The van der Waals surface area contributed by atoms with Crippen molar-refractivity contribution in [2.75, 3.05) is 28.6 Å². The third-order valence-corrected chi connectivity index (χ3v) is 7.67. The lowest BCUT2D eigenvalue weighted by atomic mass is 10.0. The molecule has 3 aromatic carbocycles. The average Bonchev–Trinajstić information content (AvgIpc) is 3.31. The molecule has 0 aliphatic carbocycles. The minimum Gasteiger partial charge on any atom is -0.354 e. The minimum atomic E-state index is -1.24. The van der Waals surface area contributed by atoms with E-state index in [0.717, 1.165) is 5.56 Å². The van der Waals surface area contributed by atoms with E-state index in [1.165, 1.54) is 16.7 Å². The van der Waals surface area contributed by atoms with Gasteiger partial charge in [-0.15, -0.1) is 11.8 Å². The van der Waals surface area contributed by atoms with E-state index in [2.05, 4.69) is 5.32 Å². The first-order chi connectivity index (χ1) is 16.5. The molecule has 34 heavy (non-hydrogen) atoms. The molecule has 0 saturated carbocycles. The molecule has 1 N–H and O–H groups in total. The second-order valence-corrected chi connectivity index (χ2v) is 9.74. The average molecular weight is 492 g/mol. The van der Waals surface area contributed by atoms with Crippen molar-refractivity contribution >= 4 is 52.5 Å². The van der Waals surface area contributed by atoms with Gasteiger partial charge in [0.1, 0.15) is 6.54 Å². The number of para-hydroxylation sites is 1. The number of nitrogens with zero attached hydrogens (tertiary/aromatic N) is 2. The Morgan fingerprint density at radius 2 is 1.68 bits per heavy atom. The molecule has 1 fully saturated rings. The molecule has 0 bridgehead atoms. The number of carbonyl (C=O) groups excluding carboxylic acids is 3. The first-order valence-electron chi connectivity index (χ1n) is 11.0. The molecule has 1 saturated heterocycles. The molecule has 0 radical (unpaired) electrons. The summed E-state index contributed by atoms with van der Waals surface area (Å²) in [4.78, 5) is 41.5. The molecular weight excluding hydrogens is 470 g/mol. The number of rotatable bonds is 6. The van der Waals surface area contributed by atoms with Gasteiger partial charge in [0, 0.05) is 22.8 Å². The van der Waals surface area contributed by atoms with Crippen molar-refractivity contribution < 1.29 is 14.4 Å². The smallest absolute Gasteiger partial charge is 0.269 e. The van der Waals surface area contributed by atoms with Gasteiger partial charge in [0.25, 0.3) is 5.91 Å². The summed E-state index contributed by atoms with van der Waals surface area (Å²) in [5.74, 6) is -0.536. The first-order valence-corrected chi connectivity index (χ1v) is 12.3. The number of benzene rings is 3. The van der Waals surface area contributed by atoms with Crippen molar-refractivity contribution in [3.8, 4) is 0 Å². The summed E-state index contributed by atoms with van der Waals surface area (Å²) in [6.45, 7) is 0.359. The van der Waals surface area contributed by atoms with Crippen molar-refractivity contribution in [2.24, 2.45) is 0 Å². The van der Waals surface area contributed by atoms with Crippen LogP contribution in [0.1, 0.15) is 11.1 Å². The Morgan fingerprint density at radius 3 is 2.44 bits per heavy atom. The maximum Gasteiger partial charge on any atom is 0.269 e. The lowest BCUT2D eigenvalue weighted by Gasteiger charge is -2.33. The van der Waals surface area contributed by atoms with Crippen LogP contribution in [-0.2, 0) is 25.7 Å². The van der Waals surface area contributed by atoms with Crippen LogP contribution in [0.25, 0.3) is 0 Å². The van der Waals surface area contributed by atoms with Crippen LogP contribution in [0.3, 0.4) is 0 Å². The summed E-state index contributed by atoms with van der Waals surface area (Å²) < 4.78 is 0. The predicted molar refractivity (Wildman–Crippen MR) is 135 cm³/mol. The monoisotopic (exact) mass is 491 g/mol. The van der Waals surface area contributed by atoms with Crippen LogP contribution >= 0.6 is 23.4 Å². The van der Waals surface area contributed by atoms with E-state index >= 15 is 0 Å². The Bertz CT molecular complexity index is 1250. The maximum atomic E-state index is 13.9. The van der Waals surface area contributed by atoms with Gasteiger partial charge < -0.3 is 5.32 Å². The molecule has 6 nitrogen and oxygen atoms in total. The predicted octanol–water partition coefficient (Wildman–Crippen LogP) is 3.98.